The SMILES string of the molecule is COc1cccc(CC(=O)N2CCN(Cc3nc(-c4cccs4)no3)CC2)c1. The Hall–Kier alpha value is -2.71. The second-order valence-electron chi connectivity index (χ2n) is 6.67. The molecule has 1 aromatic carbocycles. The Bertz CT molecular complexity index is 917. The minimum atomic E-state index is 0.144. The Morgan fingerprint density at radius 1 is 1.21 bits per heavy atom. The van der Waals surface area contributed by atoms with Crippen molar-refractivity contribution in [3.8, 4) is 16.5 Å². The zero-order valence-corrected chi connectivity index (χ0v) is 16.5. The van der Waals surface area contributed by atoms with E-state index in [1.807, 2.05) is 46.7 Å². The van der Waals surface area contributed by atoms with Crippen LogP contribution in [0.3, 0.4) is 0 Å². The summed E-state index contributed by atoms with van der Waals surface area (Å²) in [5, 5.41) is 6.04. The van der Waals surface area contributed by atoms with Crippen LogP contribution in [0.1, 0.15) is 11.5 Å². The lowest BCUT2D eigenvalue weighted by Crippen LogP contribution is -2.48. The second-order valence-corrected chi connectivity index (χ2v) is 7.62. The van der Waals surface area contributed by atoms with Crippen molar-refractivity contribution in [2.45, 2.75) is 13.0 Å². The predicted molar refractivity (Wildman–Crippen MR) is 106 cm³/mol. The van der Waals surface area contributed by atoms with E-state index in [0.717, 1.165) is 29.3 Å². The number of thiophene rings is 1. The largest absolute Gasteiger partial charge is 0.497 e. The zero-order valence-electron chi connectivity index (χ0n) is 15.7. The van der Waals surface area contributed by atoms with E-state index in [-0.39, 0.29) is 5.91 Å². The normalized spacial score (nSPS) is 15.0. The number of benzene rings is 1. The summed E-state index contributed by atoms with van der Waals surface area (Å²) >= 11 is 1.59. The minimum Gasteiger partial charge on any atom is -0.497 e. The van der Waals surface area contributed by atoms with Gasteiger partial charge in [-0.2, -0.15) is 4.98 Å². The summed E-state index contributed by atoms with van der Waals surface area (Å²) in [6.07, 6.45) is 0.394. The van der Waals surface area contributed by atoms with Gasteiger partial charge >= 0.3 is 0 Å². The van der Waals surface area contributed by atoms with Crippen molar-refractivity contribution in [3.05, 3.63) is 53.2 Å². The van der Waals surface area contributed by atoms with Gasteiger partial charge in [0.2, 0.25) is 17.6 Å². The monoisotopic (exact) mass is 398 g/mol. The average molecular weight is 398 g/mol. The first-order valence-corrected chi connectivity index (χ1v) is 10.1. The molecule has 1 aliphatic heterocycles. The highest BCUT2D eigenvalue weighted by atomic mass is 32.1. The van der Waals surface area contributed by atoms with Crippen LogP contribution in [0.4, 0.5) is 0 Å². The first-order valence-electron chi connectivity index (χ1n) is 9.21. The fourth-order valence-corrected chi connectivity index (χ4v) is 3.89. The molecule has 3 aromatic rings. The fourth-order valence-electron chi connectivity index (χ4n) is 3.24. The van der Waals surface area contributed by atoms with Gasteiger partial charge in [-0.3, -0.25) is 9.69 Å². The van der Waals surface area contributed by atoms with Gasteiger partial charge < -0.3 is 14.2 Å². The average Bonchev–Trinajstić information content (AvgIpc) is 3.40. The van der Waals surface area contributed by atoms with Crippen LogP contribution in [0.25, 0.3) is 10.7 Å². The molecular formula is C20H22N4O3S. The molecule has 28 heavy (non-hydrogen) atoms. The highest BCUT2D eigenvalue weighted by Gasteiger charge is 2.23. The van der Waals surface area contributed by atoms with Crippen molar-refractivity contribution >= 4 is 17.2 Å². The van der Waals surface area contributed by atoms with Crippen molar-refractivity contribution in [1.29, 1.82) is 0 Å². The first-order chi connectivity index (χ1) is 13.7. The van der Waals surface area contributed by atoms with E-state index in [0.29, 0.717) is 37.8 Å². The van der Waals surface area contributed by atoms with Crippen molar-refractivity contribution in [1.82, 2.24) is 19.9 Å². The topological polar surface area (TPSA) is 71.7 Å². The minimum absolute atomic E-state index is 0.144. The van der Waals surface area contributed by atoms with E-state index in [1.165, 1.54) is 0 Å². The summed E-state index contributed by atoms with van der Waals surface area (Å²) in [6.45, 7) is 3.60. The summed E-state index contributed by atoms with van der Waals surface area (Å²) in [5.74, 6) is 2.17. The third kappa shape index (κ3) is 4.40. The van der Waals surface area contributed by atoms with E-state index >= 15 is 0 Å². The van der Waals surface area contributed by atoms with Crippen LogP contribution in [0.2, 0.25) is 0 Å². The molecule has 4 rings (SSSR count). The van der Waals surface area contributed by atoms with Crippen molar-refractivity contribution in [2.24, 2.45) is 0 Å². The highest BCUT2D eigenvalue weighted by Crippen LogP contribution is 2.22. The molecule has 1 fully saturated rings. The molecule has 0 spiro atoms. The Balaban J connectivity index is 1.28. The molecule has 0 atom stereocenters. The van der Waals surface area contributed by atoms with Gasteiger partial charge in [-0.05, 0) is 29.1 Å². The fraction of sp³-hybridized carbons (Fsp3) is 0.350. The van der Waals surface area contributed by atoms with Gasteiger partial charge in [0.05, 0.1) is 25.0 Å². The summed E-state index contributed by atoms with van der Waals surface area (Å²) in [6, 6.07) is 11.6. The van der Waals surface area contributed by atoms with Crippen LogP contribution in [0, 0.1) is 0 Å². The van der Waals surface area contributed by atoms with E-state index in [9.17, 15) is 4.79 Å². The van der Waals surface area contributed by atoms with Gasteiger partial charge in [-0.1, -0.05) is 23.4 Å². The quantitative estimate of drug-likeness (QED) is 0.636. The maximum Gasteiger partial charge on any atom is 0.241 e. The molecule has 8 heteroatoms. The molecular weight excluding hydrogens is 376 g/mol. The molecule has 0 bridgehead atoms. The van der Waals surface area contributed by atoms with E-state index in [4.69, 9.17) is 9.26 Å². The lowest BCUT2D eigenvalue weighted by Gasteiger charge is -2.34. The maximum absolute atomic E-state index is 12.6. The Kier molecular flexibility index (Phi) is 5.68. The molecule has 3 heterocycles. The van der Waals surface area contributed by atoms with Gasteiger partial charge in [-0.25, -0.2) is 0 Å². The Labute approximate surface area is 167 Å². The third-order valence-corrected chi connectivity index (χ3v) is 5.65. The van der Waals surface area contributed by atoms with Gasteiger partial charge in [0.25, 0.3) is 0 Å². The number of carbonyl (C=O) groups is 1. The Morgan fingerprint density at radius 3 is 2.82 bits per heavy atom. The number of aromatic nitrogens is 2. The molecule has 0 saturated carbocycles. The molecule has 2 aromatic heterocycles. The molecule has 146 valence electrons. The molecule has 0 radical (unpaired) electrons. The molecule has 1 saturated heterocycles. The molecule has 0 unspecified atom stereocenters. The van der Waals surface area contributed by atoms with Crippen molar-refractivity contribution in [3.63, 3.8) is 0 Å². The number of hydrogen-bond donors (Lipinski definition) is 0. The summed E-state index contributed by atoms with van der Waals surface area (Å²) in [5.41, 5.74) is 0.971. The number of piperazine rings is 1. The Morgan fingerprint density at radius 2 is 2.07 bits per heavy atom. The number of methoxy groups -OCH3 is 1. The summed E-state index contributed by atoms with van der Waals surface area (Å²) < 4.78 is 10.6. The highest BCUT2D eigenvalue weighted by molar-refractivity contribution is 7.13. The van der Waals surface area contributed by atoms with E-state index < -0.39 is 0 Å². The molecule has 0 aliphatic carbocycles. The van der Waals surface area contributed by atoms with Gasteiger partial charge in [0, 0.05) is 26.2 Å². The van der Waals surface area contributed by atoms with Crippen LogP contribution in [-0.4, -0.2) is 59.1 Å². The number of nitrogens with zero attached hydrogens (tertiary/aromatic N) is 4. The standard InChI is InChI=1S/C20H22N4O3S/c1-26-16-5-2-4-15(12-16)13-19(25)24-9-7-23(8-10-24)14-18-21-20(22-27-18)17-6-3-11-28-17/h2-6,11-12H,7-10,13-14H2,1H3. The first kappa shape index (κ1) is 18.6. The lowest BCUT2D eigenvalue weighted by atomic mass is 10.1. The molecule has 7 nitrogen and oxygen atoms in total. The van der Waals surface area contributed by atoms with Crippen molar-refractivity contribution < 1.29 is 14.1 Å². The molecule has 1 amide bonds. The third-order valence-electron chi connectivity index (χ3n) is 4.78. The van der Waals surface area contributed by atoms with Crippen LogP contribution in [-0.2, 0) is 17.8 Å². The number of amides is 1. The summed E-state index contributed by atoms with van der Waals surface area (Å²) in [7, 11) is 1.63. The van der Waals surface area contributed by atoms with E-state index in [2.05, 4.69) is 15.0 Å². The van der Waals surface area contributed by atoms with Crippen molar-refractivity contribution in [2.75, 3.05) is 33.3 Å². The van der Waals surface area contributed by atoms with Crippen LogP contribution in [0.5, 0.6) is 5.75 Å². The van der Waals surface area contributed by atoms with Crippen LogP contribution < -0.4 is 4.74 Å². The zero-order chi connectivity index (χ0) is 19.3. The van der Waals surface area contributed by atoms with Gasteiger partial charge in [0.15, 0.2) is 0 Å². The number of carbonyl (C=O) groups excluding carboxylic acids is 1. The van der Waals surface area contributed by atoms with Gasteiger partial charge in [-0.15, -0.1) is 11.3 Å². The predicted octanol–water partition coefficient (Wildman–Crippen LogP) is 2.69. The molecule has 0 N–H and O–H groups in total. The van der Waals surface area contributed by atoms with Gasteiger partial charge in [0.1, 0.15) is 5.75 Å². The molecule has 1 aliphatic rings. The number of hydrogen-bond acceptors (Lipinski definition) is 7. The smallest absolute Gasteiger partial charge is 0.241 e. The lowest BCUT2D eigenvalue weighted by molar-refractivity contribution is -0.132. The summed E-state index contributed by atoms with van der Waals surface area (Å²) in [4.78, 5) is 22.2. The number of ether oxygens (including phenoxy) is 1. The van der Waals surface area contributed by atoms with Crippen LogP contribution >= 0.6 is 11.3 Å². The second kappa shape index (κ2) is 8.53. The number of rotatable bonds is 6. The van der Waals surface area contributed by atoms with Crippen LogP contribution in [0.15, 0.2) is 46.3 Å². The maximum atomic E-state index is 12.6. The van der Waals surface area contributed by atoms with E-state index in [1.54, 1.807) is 18.4 Å².